The largest absolute Gasteiger partial charge is 0.478 e. The van der Waals surface area contributed by atoms with Crippen LogP contribution in [0.1, 0.15) is 27.2 Å². The number of nitrogens with one attached hydrogen (secondary N) is 2. The number of rotatable bonds is 4. The first-order valence-corrected chi connectivity index (χ1v) is 7.71. The van der Waals surface area contributed by atoms with Gasteiger partial charge >= 0.3 is 6.09 Å². The fourth-order valence-corrected chi connectivity index (χ4v) is 2.21. The van der Waals surface area contributed by atoms with Crippen molar-refractivity contribution in [1.82, 2.24) is 5.32 Å². The van der Waals surface area contributed by atoms with Crippen LogP contribution < -0.4 is 21.1 Å². The molecule has 0 radical (unpaired) electrons. The van der Waals surface area contributed by atoms with Gasteiger partial charge in [-0.15, -0.1) is 0 Å². The number of nitrogens with two attached hydrogens (primary N) is 1. The van der Waals surface area contributed by atoms with Crippen molar-refractivity contribution in [3.63, 3.8) is 0 Å². The van der Waals surface area contributed by atoms with E-state index in [1.165, 1.54) is 0 Å². The van der Waals surface area contributed by atoms with E-state index in [1.807, 2.05) is 0 Å². The van der Waals surface area contributed by atoms with Gasteiger partial charge in [-0.25, -0.2) is 13.6 Å². The van der Waals surface area contributed by atoms with E-state index in [9.17, 15) is 23.2 Å². The molecule has 1 aliphatic rings. The number of alkyl carbamates (subject to hydrolysis) is 1. The van der Waals surface area contributed by atoms with Gasteiger partial charge in [-0.05, 0) is 20.8 Å². The maximum Gasteiger partial charge on any atom is 0.408 e. The lowest BCUT2D eigenvalue weighted by Crippen LogP contribution is -2.51. The number of benzene rings is 1. The Labute approximate surface area is 148 Å². The monoisotopic (exact) mass is 371 g/mol. The number of primary amides is 1. The van der Waals surface area contributed by atoms with Crippen LogP contribution in [0.25, 0.3) is 0 Å². The number of fused-ring (bicyclic) bond motifs is 1. The van der Waals surface area contributed by atoms with Crippen LogP contribution >= 0.6 is 0 Å². The number of halogens is 2. The first-order chi connectivity index (χ1) is 12.0. The standard InChI is InChI=1S/C16H19F2N3O5/c1-16(2,3)26-15(24)21-10(13(19)22)6-12-14(23)20-9-4-7(17)8(18)5-11(9)25-12/h4-5,10,12H,6H2,1-3H3,(H2,19,22)(H,20,23)(H,21,24)/t10-,12-/m0/s1. The molecule has 142 valence electrons. The Bertz CT molecular complexity index is 748. The molecule has 1 aliphatic heterocycles. The molecule has 1 aromatic rings. The molecule has 0 spiro atoms. The minimum atomic E-state index is -1.27. The zero-order valence-electron chi connectivity index (χ0n) is 14.4. The van der Waals surface area contributed by atoms with Crippen molar-refractivity contribution < 1.29 is 32.6 Å². The molecule has 4 N–H and O–H groups in total. The van der Waals surface area contributed by atoms with Crippen LogP contribution in [-0.4, -0.2) is 35.7 Å². The lowest BCUT2D eigenvalue weighted by molar-refractivity contribution is -0.125. The van der Waals surface area contributed by atoms with E-state index in [0.717, 1.165) is 12.1 Å². The summed E-state index contributed by atoms with van der Waals surface area (Å²) in [6.07, 6.45) is -2.47. The zero-order chi connectivity index (χ0) is 19.6. The summed E-state index contributed by atoms with van der Waals surface area (Å²) in [5, 5.41) is 4.60. The molecule has 3 amide bonds. The van der Waals surface area contributed by atoms with Gasteiger partial charge in [0.15, 0.2) is 17.7 Å². The summed E-state index contributed by atoms with van der Waals surface area (Å²) in [5.74, 6) is -4.01. The Kier molecular flexibility index (Phi) is 5.33. The predicted molar refractivity (Wildman–Crippen MR) is 86.4 cm³/mol. The Hall–Kier alpha value is -2.91. The fourth-order valence-electron chi connectivity index (χ4n) is 2.21. The predicted octanol–water partition coefficient (Wildman–Crippen LogP) is 1.43. The topological polar surface area (TPSA) is 120 Å². The smallest absolute Gasteiger partial charge is 0.408 e. The molecular weight excluding hydrogens is 352 g/mol. The van der Waals surface area contributed by atoms with E-state index < -0.39 is 47.3 Å². The summed E-state index contributed by atoms with van der Waals surface area (Å²) in [6, 6.07) is 0.286. The molecule has 2 atom stereocenters. The highest BCUT2D eigenvalue weighted by atomic mass is 19.2. The van der Waals surface area contributed by atoms with Crippen molar-refractivity contribution in [3.05, 3.63) is 23.8 Å². The molecule has 0 saturated carbocycles. The average Bonchev–Trinajstić information content (AvgIpc) is 2.47. The highest BCUT2D eigenvalue weighted by Crippen LogP contribution is 2.32. The number of carbonyl (C=O) groups is 3. The van der Waals surface area contributed by atoms with Crippen LogP contribution in [0.3, 0.4) is 0 Å². The minimum Gasteiger partial charge on any atom is -0.478 e. The first-order valence-electron chi connectivity index (χ1n) is 7.71. The van der Waals surface area contributed by atoms with Gasteiger partial charge in [-0.1, -0.05) is 0 Å². The van der Waals surface area contributed by atoms with Crippen LogP contribution in [-0.2, 0) is 14.3 Å². The van der Waals surface area contributed by atoms with E-state index in [0.29, 0.717) is 0 Å². The maximum atomic E-state index is 13.3. The van der Waals surface area contributed by atoms with Gasteiger partial charge < -0.3 is 25.8 Å². The van der Waals surface area contributed by atoms with Gasteiger partial charge in [0.25, 0.3) is 5.91 Å². The molecule has 10 heteroatoms. The van der Waals surface area contributed by atoms with E-state index >= 15 is 0 Å². The Morgan fingerprint density at radius 2 is 1.96 bits per heavy atom. The third-order valence-corrected chi connectivity index (χ3v) is 3.33. The lowest BCUT2D eigenvalue weighted by Gasteiger charge is -2.28. The molecule has 1 aromatic carbocycles. The number of anilines is 1. The Morgan fingerprint density at radius 1 is 1.35 bits per heavy atom. The fraction of sp³-hybridized carbons (Fsp3) is 0.438. The second-order valence-corrected chi connectivity index (χ2v) is 6.70. The van der Waals surface area contributed by atoms with Crippen molar-refractivity contribution in [2.75, 3.05) is 5.32 Å². The second-order valence-electron chi connectivity index (χ2n) is 6.70. The summed E-state index contributed by atoms with van der Waals surface area (Å²) >= 11 is 0. The van der Waals surface area contributed by atoms with Crippen molar-refractivity contribution >= 4 is 23.6 Å². The molecule has 26 heavy (non-hydrogen) atoms. The van der Waals surface area contributed by atoms with Crippen LogP contribution in [0.15, 0.2) is 12.1 Å². The van der Waals surface area contributed by atoms with Gasteiger partial charge in [0.05, 0.1) is 5.69 Å². The van der Waals surface area contributed by atoms with Crippen LogP contribution in [0, 0.1) is 11.6 Å². The Morgan fingerprint density at radius 3 is 2.54 bits per heavy atom. The second kappa shape index (κ2) is 7.14. The molecule has 0 saturated heterocycles. The number of amides is 3. The molecule has 2 rings (SSSR count). The van der Waals surface area contributed by atoms with Crippen molar-refractivity contribution in [3.8, 4) is 5.75 Å². The van der Waals surface area contributed by atoms with Crippen LogP contribution in [0.2, 0.25) is 0 Å². The quantitative estimate of drug-likeness (QED) is 0.740. The van der Waals surface area contributed by atoms with Crippen LogP contribution in [0.4, 0.5) is 19.3 Å². The van der Waals surface area contributed by atoms with Gasteiger partial charge in [-0.3, -0.25) is 9.59 Å². The summed E-state index contributed by atoms with van der Waals surface area (Å²) in [7, 11) is 0. The van der Waals surface area contributed by atoms with Crippen LogP contribution in [0.5, 0.6) is 5.75 Å². The van der Waals surface area contributed by atoms with E-state index in [2.05, 4.69) is 10.6 Å². The third-order valence-electron chi connectivity index (χ3n) is 3.33. The van der Waals surface area contributed by atoms with E-state index in [-0.39, 0.29) is 17.9 Å². The maximum absolute atomic E-state index is 13.3. The molecule has 8 nitrogen and oxygen atoms in total. The lowest BCUT2D eigenvalue weighted by atomic mass is 10.1. The van der Waals surface area contributed by atoms with E-state index in [1.54, 1.807) is 20.8 Å². The highest BCUT2D eigenvalue weighted by Gasteiger charge is 2.34. The summed E-state index contributed by atoms with van der Waals surface area (Å²) < 4.78 is 36.9. The number of carbonyl (C=O) groups excluding carboxylic acids is 3. The SMILES string of the molecule is CC(C)(C)OC(=O)N[C@@H](C[C@@H]1Oc2cc(F)c(F)cc2NC1=O)C(N)=O. The zero-order valence-corrected chi connectivity index (χ0v) is 14.4. The molecule has 0 unspecified atom stereocenters. The number of hydrogen-bond acceptors (Lipinski definition) is 5. The summed E-state index contributed by atoms with van der Waals surface area (Å²) in [6.45, 7) is 4.90. The number of ether oxygens (including phenoxy) is 2. The van der Waals surface area contributed by atoms with Crippen molar-refractivity contribution in [2.24, 2.45) is 5.73 Å². The van der Waals surface area contributed by atoms with E-state index in [4.69, 9.17) is 15.2 Å². The van der Waals surface area contributed by atoms with Gasteiger partial charge in [0.1, 0.15) is 17.4 Å². The summed E-state index contributed by atoms with van der Waals surface area (Å²) in [5.41, 5.74) is 4.40. The molecule has 0 bridgehead atoms. The van der Waals surface area contributed by atoms with Gasteiger partial charge in [-0.2, -0.15) is 0 Å². The molecule has 0 fully saturated rings. The first kappa shape index (κ1) is 19.4. The normalized spacial score (nSPS) is 17.4. The van der Waals surface area contributed by atoms with Crippen molar-refractivity contribution in [2.45, 2.75) is 44.9 Å². The molecule has 0 aromatic heterocycles. The molecular formula is C16H19F2N3O5. The number of hydrogen-bond donors (Lipinski definition) is 3. The highest BCUT2D eigenvalue weighted by molar-refractivity contribution is 5.98. The average molecular weight is 371 g/mol. The molecule has 0 aliphatic carbocycles. The minimum absolute atomic E-state index is 0.0409. The third kappa shape index (κ3) is 4.80. The van der Waals surface area contributed by atoms with Gasteiger partial charge in [0, 0.05) is 18.6 Å². The Balaban J connectivity index is 2.11. The summed E-state index contributed by atoms with van der Waals surface area (Å²) in [4.78, 5) is 35.5. The van der Waals surface area contributed by atoms with Gasteiger partial charge in [0.2, 0.25) is 5.91 Å². The van der Waals surface area contributed by atoms with Crippen molar-refractivity contribution in [1.29, 1.82) is 0 Å². The molecule has 1 heterocycles.